The van der Waals surface area contributed by atoms with Gasteiger partial charge in [-0.05, 0) is 50.1 Å². The number of amides is 1. The molecule has 1 heterocycles. The predicted octanol–water partition coefficient (Wildman–Crippen LogP) is 3.63. The number of fused-ring (bicyclic) bond motifs is 1. The fraction of sp³-hybridized carbons (Fsp3) is 0.300. The highest BCUT2D eigenvalue weighted by Gasteiger charge is 2.19. The van der Waals surface area contributed by atoms with Gasteiger partial charge in [0, 0.05) is 6.54 Å². The van der Waals surface area contributed by atoms with Crippen LogP contribution in [0.15, 0.2) is 52.4 Å². The van der Waals surface area contributed by atoms with Crippen molar-refractivity contribution in [1.82, 2.24) is 4.57 Å². The zero-order chi connectivity index (χ0) is 19.6. The summed E-state index contributed by atoms with van der Waals surface area (Å²) in [4.78, 5) is 17.2. The lowest BCUT2D eigenvalue weighted by Crippen LogP contribution is -2.21. The Balaban J connectivity index is 1.97. The van der Waals surface area contributed by atoms with Crippen LogP contribution in [0, 0.1) is 13.8 Å². The summed E-state index contributed by atoms with van der Waals surface area (Å²) in [6, 6.07) is 12.6. The highest BCUT2D eigenvalue weighted by Crippen LogP contribution is 2.19. The first-order chi connectivity index (χ1) is 12.8. The van der Waals surface area contributed by atoms with Gasteiger partial charge in [0.25, 0.3) is 5.91 Å². The zero-order valence-corrected chi connectivity index (χ0v) is 17.2. The van der Waals surface area contributed by atoms with Gasteiger partial charge in [0.1, 0.15) is 5.75 Å². The Morgan fingerprint density at radius 1 is 1.07 bits per heavy atom. The summed E-state index contributed by atoms with van der Waals surface area (Å²) in [6.07, 6.45) is 0.892. The van der Waals surface area contributed by atoms with Gasteiger partial charge in [0.15, 0.2) is 14.6 Å². The van der Waals surface area contributed by atoms with Crippen molar-refractivity contribution in [3.05, 3.63) is 58.4 Å². The van der Waals surface area contributed by atoms with Gasteiger partial charge in [-0.3, -0.25) is 4.79 Å². The Kier molecular flexibility index (Phi) is 5.62. The van der Waals surface area contributed by atoms with E-state index in [2.05, 4.69) is 18.0 Å². The number of rotatable bonds is 5. The Morgan fingerprint density at radius 2 is 1.74 bits per heavy atom. The van der Waals surface area contributed by atoms with Gasteiger partial charge in [0.2, 0.25) is 0 Å². The number of benzene rings is 2. The summed E-state index contributed by atoms with van der Waals surface area (Å²) >= 11 is 1.41. The minimum absolute atomic E-state index is 0.144. The van der Waals surface area contributed by atoms with E-state index in [0.717, 1.165) is 34.3 Å². The number of carbonyl (C=O) groups is 1. The number of aromatic nitrogens is 1. The van der Waals surface area contributed by atoms with Crippen LogP contribution in [-0.2, 0) is 21.2 Å². The van der Waals surface area contributed by atoms with Crippen LogP contribution in [0.4, 0.5) is 0 Å². The van der Waals surface area contributed by atoms with Gasteiger partial charge in [-0.25, -0.2) is 8.42 Å². The van der Waals surface area contributed by atoms with E-state index in [9.17, 15) is 13.2 Å². The number of aryl methyl sites for hydroxylation is 3. The first kappa shape index (κ1) is 19.5. The Hall–Kier alpha value is -2.25. The van der Waals surface area contributed by atoms with Gasteiger partial charge in [-0.2, -0.15) is 4.99 Å². The fourth-order valence-electron chi connectivity index (χ4n) is 2.84. The summed E-state index contributed by atoms with van der Waals surface area (Å²) < 4.78 is 28.0. The van der Waals surface area contributed by atoms with Crippen LogP contribution in [0.25, 0.3) is 10.2 Å². The molecule has 0 aliphatic carbocycles. The standard InChI is InChI=1S/C20H22N2O3S2/c1-4-11-22-17-10-7-15(3)12-18(17)26-20(22)21-19(23)13-27(24,25)16-8-5-14(2)6-9-16/h5-10,12H,4,11,13H2,1-3H3. The molecule has 0 aliphatic rings. The van der Waals surface area contributed by atoms with Crippen LogP contribution < -0.4 is 4.80 Å². The number of hydrogen-bond donors (Lipinski definition) is 0. The van der Waals surface area contributed by atoms with E-state index in [-0.39, 0.29) is 4.90 Å². The lowest BCUT2D eigenvalue weighted by atomic mass is 10.2. The lowest BCUT2D eigenvalue weighted by Gasteiger charge is -2.04. The normalized spacial score (nSPS) is 12.6. The fourth-order valence-corrected chi connectivity index (χ4v) is 5.11. The molecule has 0 saturated heterocycles. The van der Waals surface area contributed by atoms with Gasteiger partial charge in [-0.1, -0.05) is 42.0 Å². The summed E-state index contributed by atoms with van der Waals surface area (Å²) in [5.74, 6) is -1.28. The zero-order valence-electron chi connectivity index (χ0n) is 15.6. The van der Waals surface area contributed by atoms with Crippen molar-refractivity contribution in [1.29, 1.82) is 0 Å². The van der Waals surface area contributed by atoms with E-state index in [4.69, 9.17) is 0 Å². The van der Waals surface area contributed by atoms with Crippen molar-refractivity contribution >= 4 is 37.3 Å². The molecule has 0 spiro atoms. The largest absolute Gasteiger partial charge is 0.316 e. The van der Waals surface area contributed by atoms with Crippen molar-refractivity contribution in [2.45, 2.75) is 38.6 Å². The topological polar surface area (TPSA) is 68.5 Å². The molecule has 0 N–H and O–H groups in total. The molecule has 0 aliphatic heterocycles. The van der Waals surface area contributed by atoms with E-state index >= 15 is 0 Å². The van der Waals surface area contributed by atoms with Crippen LogP contribution in [0.1, 0.15) is 24.5 Å². The van der Waals surface area contributed by atoms with Crippen molar-refractivity contribution in [2.24, 2.45) is 4.99 Å². The molecule has 0 unspecified atom stereocenters. The average molecular weight is 403 g/mol. The average Bonchev–Trinajstić information content (AvgIpc) is 2.91. The summed E-state index contributed by atoms with van der Waals surface area (Å²) in [5.41, 5.74) is 3.11. The van der Waals surface area contributed by atoms with E-state index in [1.807, 2.05) is 30.5 Å². The van der Waals surface area contributed by atoms with Gasteiger partial charge >= 0.3 is 0 Å². The second-order valence-electron chi connectivity index (χ2n) is 6.59. The second kappa shape index (κ2) is 7.78. The molecule has 3 rings (SSSR count). The molecule has 27 heavy (non-hydrogen) atoms. The predicted molar refractivity (Wildman–Crippen MR) is 109 cm³/mol. The minimum atomic E-state index is -3.71. The van der Waals surface area contributed by atoms with Crippen molar-refractivity contribution < 1.29 is 13.2 Å². The van der Waals surface area contributed by atoms with E-state index in [0.29, 0.717) is 4.80 Å². The Bertz CT molecular complexity index is 1150. The maximum atomic E-state index is 12.5. The van der Waals surface area contributed by atoms with Crippen LogP contribution in [0.3, 0.4) is 0 Å². The minimum Gasteiger partial charge on any atom is -0.316 e. The van der Waals surface area contributed by atoms with E-state index in [1.54, 1.807) is 12.1 Å². The molecule has 7 heteroatoms. The third-order valence-electron chi connectivity index (χ3n) is 4.20. The first-order valence-corrected chi connectivity index (χ1v) is 11.2. The molecular formula is C20H22N2O3S2. The van der Waals surface area contributed by atoms with E-state index < -0.39 is 21.5 Å². The van der Waals surface area contributed by atoms with Crippen molar-refractivity contribution in [2.75, 3.05) is 5.75 Å². The molecule has 0 atom stereocenters. The molecule has 1 amide bonds. The first-order valence-electron chi connectivity index (χ1n) is 8.77. The molecule has 2 aromatic carbocycles. The Morgan fingerprint density at radius 3 is 2.41 bits per heavy atom. The van der Waals surface area contributed by atoms with Crippen molar-refractivity contribution in [3.8, 4) is 0 Å². The molecule has 0 fully saturated rings. The number of sulfone groups is 1. The van der Waals surface area contributed by atoms with Crippen LogP contribution >= 0.6 is 11.3 Å². The van der Waals surface area contributed by atoms with Crippen LogP contribution in [-0.4, -0.2) is 24.6 Å². The van der Waals surface area contributed by atoms with Crippen LogP contribution in [0.2, 0.25) is 0 Å². The molecule has 0 bridgehead atoms. The third-order valence-corrected chi connectivity index (χ3v) is 6.86. The molecule has 0 radical (unpaired) electrons. The van der Waals surface area contributed by atoms with Gasteiger partial charge in [0.05, 0.1) is 15.1 Å². The molecule has 0 saturated carbocycles. The van der Waals surface area contributed by atoms with Crippen LogP contribution in [0.5, 0.6) is 0 Å². The SMILES string of the molecule is CCCn1c(=NC(=O)CS(=O)(=O)c2ccc(C)cc2)sc2cc(C)ccc21. The van der Waals surface area contributed by atoms with E-state index in [1.165, 1.54) is 23.5 Å². The van der Waals surface area contributed by atoms with Gasteiger partial charge < -0.3 is 4.57 Å². The lowest BCUT2D eigenvalue weighted by molar-refractivity contribution is -0.115. The molecule has 5 nitrogen and oxygen atoms in total. The highest BCUT2D eigenvalue weighted by atomic mass is 32.2. The molecular weight excluding hydrogens is 380 g/mol. The maximum absolute atomic E-state index is 12.5. The third kappa shape index (κ3) is 4.36. The monoisotopic (exact) mass is 402 g/mol. The second-order valence-corrected chi connectivity index (χ2v) is 9.58. The van der Waals surface area contributed by atoms with Gasteiger partial charge in [-0.15, -0.1) is 0 Å². The number of nitrogens with zero attached hydrogens (tertiary/aromatic N) is 2. The quantitative estimate of drug-likeness (QED) is 0.654. The molecule has 142 valence electrons. The van der Waals surface area contributed by atoms with Crippen molar-refractivity contribution in [3.63, 3.8) is 0 Å². The Labute approximate surface area is 162 Å². The summed E-state index contributed by atoms with van der Waals surface area (Å²) in [5, 5.41) is 0. The summed E-state index contributed by atoms with van der Waals surface area (Å²) in [6.45, 7) is 6.67. The molecule has 3 aromatic rings. The highest BCUT2D eigenvalue weighted by molar-refractivity contribution is 7.92. The number of carbonyl (C=O) groups excluding carboxylic acids is 1. The number of hydrogen-bond acceptors (Lipinski definition) is 4. The maximum Gasteiger partial charge on any atom is 0.263 e. The smallest absolute Gasteiger partial charge is 0.263 e. The number of thiazole rings is 1. The summed E-state index contributed by atoms with van der Waals surface area (Å²) in [7, 11) is -3.71. The molecule has 1 aromatic heterocycles.